The van der Waals surface area contributed by atoms with E-state index in [4.69, 9.17) is 0 Å². The molecule has 3 amide bonds. The first-order valence-corrected chi connectivity index (χ1v) is 6.63. The average molecular weight is 254 g/mol. The number of rotatable bonds is 4. The van der Waals surface area contributed by atoms with Crippen LogP contribution in [0.15, 0.2) is 0 Å². The van der Waals surface area contributed by atoms with Gasteiger partial charge in [-0.1, -0.05) is 13.8 Å². The molecule has 0 aromatic heterocycles. The number of carbonyl (C=O) groups excluding carboxylic acids is 2. The number of urea groups is 1. The molecule has 0 aromatic rings. The summed E-state index contributed by atoms with van der Waals surface area (Å²) in [4.78, 5) is 27.2. The topological polar surface area (TPSA) is 64.7 Å². The van der Waals surface area contributed by atoms with E-state index in [2.05, 4.69) is 24.5 Å². The summed E-state index contributed by atoms with van der Waals surface area (Å²) in [5, 5.41) is 6.06. The number of piperazine rings is 1. The van der Waals surface area contributed by atoms with E-state index in [1.165, 1.54) is 0 Å². The van der Waals surface area contributed by atoms with Gasteiger partial charge in [0, 0.05) is 45.2 Å². The summed E-state index contributed by atoms with van der Waals surface area (Å²) in [7, 11) is 0. The summed E-state index contributed by atoms with van der Waals surface area (Å²) >= 11 is 0. The fourth-order valence-electron chi connectivity index (χ4n) is 2.46. The lowest BCUT2D eigenvalue weighted by atomic mass is 10.2. The first-order valence-electron chi connectivity index (χ1n) is 6.63. The average Bonchev–Trinajstić information content (AvgIpc) is 2.70. The van der Waals surface area contributed by atoms with Crippen LogP contribution < -0.4 is 10.6 Å². The summed E-state index contributed by atoms with van der Waals surface area (Å²) in [6.45, 7) is 7.49. The van der Waals surface area contributed by atoms with Crippen LogP contribution in [0.25, 0.3) is 0 Å². The number of fused-ring (bicyclic) bond motifs is 1. The van der Waals surface area contributed by atoms with Crippen molar-refractivity contribution in [1.82, 2.24) is 20.4 Å². The summed E-state index contributed by atoms with van der Waals surface area (Å²) in [5.41, 5.74) is 0. The molecule has 6 nitrogen and oxygen atoms in total. The maximum atomic E-state index is 12.0. The third-order valence-corrected chi connectivity index (χ3v) is 3.48. The van der Waals surface area contributed by atoms with Crippen molar-refractivity contribution < 1.29 is 9.59 Å². The minimum Gasteiger partial charge on any atom is -0.339 e. The number of hydrogen-bond donors (Lipinski definition) is 2. The fraction of sp³-hybridized carbons (Fsp3) is 0.833. The molecule has 2 N–H and O–H groups in total. The van der Waals surface area contributed by atoms with Gasteiger partial charge in [0.2, 0.25) is 5.91 Å². The Hall–Kier alpha value is -1.30. The maximum Gasteiger partial charge on any atom is 0.317 e. The van der Waals surface area contributed by atoms with E-state index >= 15 is 0 Å². The number of carbonyl (C=O) groups is 2. The van der Waals surface area contributed by atoms with Gasteiger partial charge < -0.3 is 20.4 Å². The first-order chi connectivity index (χ1) is 8.58. The van der Waals surface area contributed by atoms with Crippen LogP contribution in [0.1, 0.15) is 20.3 Å². The molecule has 18 heavy (non-hydrogen) atoms. The second-order valence-corrected chi connectivity index (χ2v) is 5.23. The molecule has 2 rings (SSSR count). The van der Waals surface area contributed by atoms with E-state index < -0.39 is 0 Å². The molecule has 0 aromatic carbocycles. The maximum absolute atomic E-state index is 12.0. The lowest BCUT2D eigenvalue weighted by Gasteiger charge is -2.36. The van der Waals surface area contributed by atoms with Crippen LogP contribution in [0.3, 0.4) is 0 Å². The second kappa shape index (κ2) is 5.56. The molecule has 0 aliphatic carbocycles. The third-order valence-electron chi connectivity index (χ3n) is 3.48. The number of hydrogen-bond acceptors (Lipinski definition) is 3. The van der Waals surface area contributed by atoms with Gasteiger partial charge in [0.1, 0.15) is 0 Å². The van der Waals surface area contributed by atoms with Crippen LogP contribution in [-0.2, 0) is 4.79 Å². The molecule has 102 valence electrons. The van der Waals surface area contributed by atoms with E-state index in [-0.39, 0.29) is 18.0 Å². The van der Waals surface area contributed by atoms with Crippen molar-refractivity contribution in [2.24, 2.45) is 0 Å². The summed E-state index contributed by atoms with van der Waals surface area (Å²) in [6, 6.07) is 0.577. The summed E-state index contributed by atoms with van der Waals surface area (Å²) in [5.74, 6) is 0.183. The van der Waals surface area contributed by atoms with E-state index in [1.807, 2.05) is 9.80 Å². The van der Waals surface area contributed by atoms with Crippen LogP contribution in [0.5, 0.6) is 0 Å². The molecule has 2 aliphatic heterocycles. The molecule has 6 heteroatoms. The van der Waals surface area contributed by atoms with E-state index in [0.29, 0.717) is 38.6 Å². The molecule has 0 bridgehead atoms. The van der Waals surface area contributed by atoms with Crippen molar-refractivity contribution in [3.63, 3.8) is 0 Å². The van der Waals surface area contributed by atoms with Crippen LogP contribution in [-0.4, -0.2) is 66.5 Å². The van der Waals surface area contributed by atoms with Gasteiger partial charge in [-0.05, 0) is 0 Å². The molecule has 1 atom stereocenters. The van der Waals surface area contributed by atoms with E-state index in [9.17, 15) is 9.59 Å². The summed E-state index contributed by atoms with van der Waals surface area (Å²) < 4.78 is 0. The van der Waals surface area contributed by atoms with Gasteiger partial charge in [-0.25, -0.2) is 4.79 Å². The molecule has 2 heterocycles. The quantitative estimate of drug-likeness (QED) is 0.718. The molecular formula is C12H22N4O2. The smallest absolute Gasteiger partial charge is 0.317 e. The van der Waals surface area contributed by atoms with Gasteiger partial charge in [-0.15, -0.1) is 0 Å². The van der Waals surface area contributed by atoms with Crippen molar-refractivity contribution in [3.05, 3.63) is 0 Å². The zero-order valence-electron chi connectivity index (χ0n) is 11.1. The van der Waals surface area contributed by atoms with Crippen molar-refractivity contribution in [2.45, 2.75) is 32.4 Å². The highest BCUT2D eigenvalue weighted by molar-refractivity contribution is 5.79. The third kappa shape index (κ3) is 2.93. The lowest BCUT2D eigenvalue weighted by molar-refractivity contribution is -0.133. The van der Waals surface area contributed by atoms with Gasteiger partial charge in [0.05, 0.1) is 6.04 Å². The van der Waals surface area contributed by atoms with Crippen molar-refractivity contribution in [3.8, 4) is 0 Å². The van der Waals surface area contributed by atoms with Crippen LogP contribution in [0.2, 0.25) is 0 Å². The van der Waals surface area contributed by atoms with Crippen molar-refractivity contribution in [1.29, 1.82) is 0 Å². The normalized spacial score (nSPS) is 23.3. The van der Waals surface area contributed by atoms with E-state index in [0.717, 1.165) is 6.54 Å². The van der Waals surface area contributed by atoms with Gasteiger partial charge in [-0.2, -0.15) is 0 Å². The molecule has 0 spiro atoms. The molecule has 2 saturated heterocycles. The fourth-order valence-corrected chi connectivity index (χ4v) is 2.46. The Balaban J connectivity index is 1.77. The SMILES string of the molecule is CC(C)NCCC(=O)N1CCN2C(=O)NCC2C1. The Morgan fingerprint density at radius 1 is 1.50 bits per heavy atom. The highest BCUT2D eigenvalue weighted by Crippen LogP contribution is 2.14. The van der Waals surface area contributed by atoms with Crippen LogP contribution >= 0.6 is 0 Å². The Morgan fingerprint density at radius 3 is 3.00 bits per heavy atom. The highest BCUT2D eigenvalue weighted by atomic mass is 16.2. The van der Waals surface area contributed by atoms with E-state index in [1.54, 1.807) is 0 Å². The van der Waals surface area contributed by atoms with Crippen molar-refractivity contribution in [2.75, 3.05) is 32.7 Å². The Labute approximate surface area is 108 Å². The minimum atomic E-state index is 0.00794. The molecule has 2 aliphatic rings. The van der Waals surface area contributed by atoms with Gasteiger partial charge >= 0.3 is 6.03 Å². The first kappa shape index (κ1) is 13.1. The molecule has 1 unspecified atom stereocenters. The number of amides is 3. The molecular weight excluding hydrogens is 232 g/mol. The van der Waals surface area contributed by atoms with Gasteiger partial charge in [0.15, 0.2) is 0 Å². The van der Waals surface area contributed by atoms with Gasteiger partial charge in [-0.3, -0.25) is 4.79 Å². The monoisotopic (exact) mass is 254 g/mol. The zero-order valence-corrected chi connectivity index (χ0v) is 11.1. The molecule has 0 saturated carbocycles. The molecule has 2 fully saturated rings. The highest BCUT2D eigenvalue weighted by Gasteiger charge is 2.36. The van der Waals surface area contributed by atoms with Crippen molar-refractivity contribution >= 4 is 11.9 Å². The molecule has 0 radical (unpaired) electrons. The number of nitrogens with one attached hydrogen (secondary N) is 2. The van der Waals surface area contributed by atoms with Crippen LogP contribution in [0.4, 0.5) is 4.79 Å². The standard InChI is InChI=1S/C12H22N4O2/c1-9(2)13-4-3-11(17)15-5-6-16-10(8-15)7-14-12(16)18/h9-10,13H,3-8H2,1-2H3,(H,14,18). The summed E-state index contributed by atoms with van der Waals surface area (Å²) in [6.07, 6.45) is 0.534. The van der Waals surface area contributed by atoms with Gasteiger partial charge in [0.25, 0.3) is 0 Å². The lowest BCUT2D eigenvalue weighted by Crippen LogP contribution is -2.54. The predicted octanol–water partition coefficient (Wildman–Crippen LogP) is -0.389. The second-order valence-electron chi connectivity index (χ2n) is 5.23. The predicted molar refractivity (Wildman–Crippen MR) is 68.2 cm³/mol. The zero-order chi connectivity index (χ0) is 13.1. The Morgan fingerprint density at radius 2 is 2.28 bits per heavy atom. The Kier molecular flexibility index (Phi) is 4.06. The minimum absolute atomic E-state index is 0.00794. The Bertz CT molecular complexity index is 332. The number of nitrogens with zero attached hydrogens (tertiary/aromatic N) is 2. The largest absolute Gasteiger partial charge is 0.339 e. The van der Waals surface area contributed by atoms with Crippen LogP contribution in [0, 0.1) is 0 Å².